The summed E-state index contributed by atoms with van der Waals surface area (Å²) in [5, 5.41) is 7.52. The van der Waals surface area contributed by atoms with Gasteiger partial charge in [0.05, 0.1) is 5.52 Å². The molecule has 2 amide bonds. The second kappa shape index (κ2) is 6.68. The summed E-state index contributed by atoms with van der Waals surface area (Å²) in [5.74, 6) is 0.112. The number of para-hydroxylation sites is 1. The van der Waals surface area contributed by atoms with Gasteiger partial charge in [-0.25, -0.2) is 0 Å². The molecule has 2 aromatic rings. The quantitative estimate of drug-likeness (QED) is 0.873. The molecule has 0 aliphatic carbocycles. The van der Waals surface area contributed by atoms with Crippen LogP contribution in [0.1, 0.15) is 25.8 Å². The molecule has 2 N–H and O–H groups in total. The lowest BCUT2D eigenvalue weighted by molar-refractivity contribution is -0.148. The first-order valence-corrected chi connectivity index (χ1v) is 9.21. The standard InChI is InChI=1S/C20H24N4O2/c1-12(2)17-20(26)24-11-15(9-16(24)19(25)23-17)22-10-14-6-3-5-13-7-4-8-21-18(13)14/h3-8,12,15-17,22H,9-11H2,1-2H3,(H,23,25)/t15-,16-,17+/m0/s1. The molecule has 3 atom stereocenters. The number of carbonyl (C=O) groups excluding carboxylic acids is 2. The fourth-order valence-corrected chi connectivity index (χ4v) is 3.98. The lowest BCUT2D eigenvalue weighted by atomic mass is 9.98. The lowest BCUT2D eigenvalue weighted by Gasteiger charge is -2.36. The van der Waals surface area contributed by atoms with Crippen molar-refractivity contribution in [2.24, 2.45) is 5.92 Å². The van der Waals surface area contributed by atoms with E-state index in [1.807, 2.05) is 26.0 Å². The Morgan fingerprint density at radius 1 is 1.27 bits per heavy atom. The van der Waals surface area contributed by atoms with Crippen molar-refractivity contribution in [1.29, 1.82) is 0 Å². The van der Waals surface area contributed by atoms with Gasteiger partial charge in [0.2, 0.25) is 11.8 Å². The van der Waals surface area contributed by atoms with Crippen molar-refractivity contribution in [2.45, 2.75) is 44.9 Å². The number of hydrogen-bond acceptors (Lipinski definition) is 4. The molecule has 0 unspecified atom stereocenters. The molecule has 136 valence electrons. The highest BCUT2D eigenvalue weighted by molar-refractivity contribution is 5.97. The van der Waals surface area contributed by atoms with Crippen molar-refractivity contribution >= 4 is 22.7 Å². The Morgan fingerprint density at radius 3 is 2.88 bits per heavy atom. The summed E-state index contributed by atoms with van der Waals surface area (Å²) in [7, 11) is 0. The SMILES string of the molecule is CC(C)[C@H]1NC(=O)[C@@H]2C[C@H](NCc3cccc4cccnc34)CN2C1=O. The molecule has 4 rings (SSSR count). The molecular formula is C20H24N4O2. The van der Waals surface area contributed by atoms with Gasteiger partial charge in [-0.2, -0.15) is 0 Å². The third-order valence-electron chi connectivity index (χ3n) is 5.41. The summed E-state index contributed by atoms with van der Waals surface area (Å²) in [6.07, 6.45) is 2.46. The van der Waals surface area contributed by atoms with Gasteiger partial charge in [-0.1, -0.05) is 38.1 Å². The number of fused-ring (bicyclic) bond motifs is 2. The largest absolute Gasteiger partial charge is 0.342 e. The van der Waals surface area contributed by atoms with Crippen LogP contribution in [0.2, 0.25) is 0 Å². The van der Waals surface area contributed by atoms with E-state index in [0.29, 0.717) is 19.5 Å². The maximum Gasteiger partial charge on any atom is 0.246 e. The Labute approximate surface area is 153 Å². The third-order valence-corrected chi connectivity index (χ3v) is 5.41. The van der Waals surface area contributed by atoms with Crippen LogP contribution in [0.25, 0.3) is 10.9 Å². The molecule has 0 saturated carbocycles. The van der Waals surface area contributed by atoms with E-state index in [0.717, 1.165) is 16.5 Å². The van der Waals surface area contributed by atoms with Gasteiger partial charge in [-0.05, 0) is 24.0 Å². The number of nitrogens with one attached hydrogen (secondary N) is 2. The summed E-state index contributed by atoms with van der Waals surface area (Å²) >= 11 is 0. The van der Waals surface area contributed by atoms with Gasteiger partial charge in [-0.3, -0.25) is 14.6 Å². The summed E-state index contributed by atoms with van der Waals surface area (Å²) < 4.78 is 0. The van der Waals surface area contributed by atoms with E-state index in [1.165, 1.54) is 0 Å². The highest BCUT2D eigenvalue weighted by atomic mass is 16.2. The number of pyridine rings is 1. The molecule has 1 aromatic heterocycles. The molecule has 1 aromatic carbocycles. The molecule has 26 heavy (non-hydrogen) atoms. The average molecular weight is 352 g/mol. The number of benzene rings is 1. The van der Waals surface area contributed by atoms with E-state index in [-0.39, 0.29) is 29.8 Å². The molecule has 0 spiro atoms. The molecule has 0 bridgehead atoms. The normalized spacial score (nSPS) is 25.7. The van der Waals surface area contributed by atoms with Crippen molar-refractivity contribution in [3.8, 4) is 0 Å². The maximum atomic E-state index is 12.7. The number of nitrogens with zero attached hydrogens (tertiary/aromatic N) is 2. The minimum Gasteiger partial charge on any atom is -0.342 e. The average Bonchev–Trinajstić information content (AvgIpc) is 3.08. The number of piperazine rings is 1. The summed E-state index contributed by atoms with van der Waals surface area (Å²) in [6, 6.07) is 9.50. The Balaban J connectivity index is 1.46. The van der Waals surface area contributed by atoms with E-state index in [9.17, 15) is 9.59 Å². The van der Waals surface area contributed by atoms with Crippen LogP contribution in [-0.4, -0.2) is 46.4 Å². The summed E-state index contributed by atoms with van der Waals surface area (Å²) in [5.41, 5.74) is 2.12. The van der Waals surface area contributed by atoms with Crippen molar-refractivity contribution in [2.75, 3.05) is 6.54 Å². The van der Waals surface area contributed by atoms with Crippen LogP contribution in [0.5, 0.6) is 0 Å². The van der Waals surface area contributed by atoms with Gasteiger partial charge < -0.3 is 15.5 Å². The predicted molar refractivity (Wildman–Crippen MR) is 99.3 cm³/mol. The number of carbonyl (C=O) groups is 2. The Kier molecular flexibility index (Phi) is 4.36. The highest BCUT2D eigenvalue weighted by Gasteiger charge is 2.46. The van der Waals surface area contributed by atoms with E-state index in [2.05, 4.69) is 33.8 Å². The molecule has 0 radical (unpaired) electrons. The first kappa shape index (κ1) is 17.0. The second-order valence-corrected chi connectivity index (χ2v) is 7.54. The van der Waals surface area contributed by atoms with Crippen LogP contribution < -0.4 is 10.6 Å². The minimum absolute atomic E-state index is 0.0283. The smallest absolute Gasteiger partial charge is 0.246 e. The topological polar surface area (TPSA) is 74.3 Å². The van der Waals surface area contributed by atoms with E-state index in [1.54, 1.807) is 11.1 Å². The van der Waals surface area contributed by atoms with Gasteiger partial charge in [0.15, 0.2) is 0 Å². The van der Waals surface area contributed by atoms with Crippen molar-refractivity contribution in [3.63, 3.8) is 0 Å². The molecule has 2 aliphatic heterocycles. The van der Waals surface area contributed by atoms with Crippen molar-refractivity contribution in [3.05, 3.63) is 42.1 Å². The number of aromatic nitrogens is 1. The fraction of sp³-hybridized carbons (Fsp3) is 0.450. The lowest BCUT2D eigenvalue weighted by Crippen LogP contribution is -2.62. The number of amides is 2. The van der Waals surface area contributed by atoms with E-state index >= 15 is 0 Å². The zero-order chi connectivity index (χ0) is 18.3. The van der Waals surface area contributed by atoms with Crippen LogP contribution >= 0.6 is 0 Å². The Hall–Kier alpha value is -2.47. The number of hydrogen-bond donors (Lipinski definition) is 2. The van der Waals surface area contributed by atoms with Crippen LogP contribution in [0.15, 0.2) is 36.5 Å². The summed E-state index contributed by atoms with van der Waals surface area (Å²) in [6.45, 7) is 5.17. The zero-order valence-electron chi connectivity index (χ0n) is 15.1. The van der Waals surface area contributed by atoms with Gasteiger partial charge in [0.1, 0.15) is 12.1 Å². The van der Waals surface area contributed by atoms with E-state index in [4.69, 9.17) is 0 Å². The van der Waals surface area contributed by atoms with Crippen LogP contribution in [-0.2, 0) is 16.1 Å². The van der Waals surface area contributed by atoms with Gasteiger partial charge in [-0.15, -0.1) is 0 Å². The highest BCUT2D eigenvalue weighted by Crippen LogP contribution is 2.25. The van der Waals surface area contributed by atoms with Crippen LogP contribution in [0.3, 0.4) is 0 Å². The molecule has 2 fully saturated rings. The molecule has 6 nitrogen and oxygen atoms in total. The Morgan fingerprint density at radius 2 is 2.08 bits per heavy atom. The molecule has 2 aliphatic rings. The van der Waals surface area contributed by atoms with Gasteiger partial charge in [0.25, 0.3) is 0 Å². The molecule has 6 heteroatoms. The third kappa shape index (κ3) is 2.94. The minimum atomic E-state index is -0.403. The molecule has 3 heterocycles. The van der Waals surface area contributed by atoms with E-state index < -0.39 is 6.04 Å². The fourth-order valence-electron chi connectivity index (χ4n) is 3.98. The van der Waals surface area contributed by atoms with Crippen molar-refractivity contribution < 1.29 is 9.59 Å². The molecule has 2 saturated heterocycles. The Bertz CT molecular complexity index is 845. The van der Waals surface area contributed by atoms with Gasteiger partial charge >= 0.3 is 0 Å². The second-order valence-electron chi connectivity index (χ2n) is 7.54. The van der Waals surface area contributed by atoms with Gasteiger partial charge in [0, 0.05) is 30.7 Å². The first-order valence-electron chi connectivity index (χ1n) is 9.21. The zero-order valence-corrected chi connectivity index (χ0v) is 15.1. The predicted octanol–water partition coefficient (Wildman–Crippen LogP) is 1.45. The molecular weight excluding hydrogens is 328 g/mol. The first-order chi connectivity index (χ1) is 12.5. The van der Waals surface area contributed by atoms with Crippen LogP contribution in [0.4, 0.5) is 0 Å². The maximum absolute atomic E-state index is 12.7. The number of rotatable bonds is 4. The van der Waals surface area contributed by atoms with Crippen LogP contribution in [0, 0.1) is 5.92 Å². The van der Waals surface area contributed by atoms with Crippen molar-refractivity contribution in [1.82, 2.24) is 20.5 Å². The monoisotopic (exact) mass is 352 g/mol. The summed E-state index contributed by atoms with van der Waals surface area (Å²) in [4.78, 5) is 31.3.